The van der Waals surface area contributed by atoms with Crippen molar-refractivity contribution in [3.63, 3.8) is 0 Å². The van der Waals surface area contributed by atoms with Crippen molar-refractivity contribution in [1.29, 1.82) is 0 Å². The lowest BCUT2D eigenvalue weighted by atomic mass is 10.1. The second-order valence-electron chi connectivity index (χ2n) is 7.19. The summed E-state index contributed by atoms with van der Waals surface area (Å²) in [5, 5.41) is 14.3. The maximum atomic E-state index is 11.4. The average molecular weight is 391 g/mol. The first-order valence-corrected chi connectivity index (χ1v) is 9.27. The number of imidazole rings is 1. The molecular formula is C17H25N7O4. The molecule has 28 heavy (non-hydrogen) atoms. The number of piperazine rings is 1. The van der Waals surface area contributed by atoms with Gasteiger partial charge in [0.25, 0.3) is 6.01 Å². The van der Waals surface area contributed by atoms with Crippen molar-refractivity contribution < 1.29 is 19.5 Å². The first-order valence-electron chi connectivity index (χ1n) is 9.27. The maximum Gasteiger partial charge on any atom is 0.297 e. The highest BCUT2D eigenvalue weighted by Gasteiger charge is 2.37. The Balaban J connectivity index is 1.31. The molecule has 0 aliphatic carbocycles. The van der Waals surface area contributed by atoms with E-state index in [2.05, 4.69) is 30.0 Å². The van der Waals surface area contributed by atoms with Gasteiger partial charge in [-0.25, -0.2) is 20.0 Å². The van der Waals surface area contributed by atoms with E-state index in [0.717, 1.165) is 32.1 Å². The van der Waals surface area contributed by atoms with Gasteiger partial charge in [-0.15, -0.1) is 0 Å². The number of ether oxygens (including phenoxy) is 2. The van der Waals surface area contributed by atoms with Gasteiger partial charge in [0.05, 0.1) is 26.0 Å². The summed E-state index contributed by atoms with van der Waals surface area (Å²) in [6.45, 7) is 6.67. The van der Waals surface area contributed by atoms with Gasteiger partial charge < -0.3 is 24.9 Å². The van der Waals surface area contributed by atoms with Crippen molar-refractivity contribution >= 4 is 5.95 Å². The molecule has 1 saturated heterocycles. The van der Waals surface area contributed by atoms with E-state index in [4.69, 9.17) is 9.47 Å². The molecule has 0 amide bonds. The molecule has 2 aromatic rings. The molecule has 2 aliphatic rings. The molecule has 2 aliphatic heterocycles. The predicted molar refractivity (Wildman–Crippen MR) is 98.9 cm³/mol. The Morgan fingerprint density at radius 3 is 2.75 bits per heavy atom. The molecule has 2 unspecified atom stereocenters. The molecule has 0 aromatic carbocycles. The third-order valence-corrected chi connectivity index (χ3v) is 4.74. The summed E-state index contributed by atoms with van der Waals surface area (Å²) in [6.07, 6.45) is 5.19. The Bertz CT molecular complexity index is 768. The fourth-order valence-corrected chi connectivity index (χ4v) is 3.29. The first-order chi connectivity index (χ1) is 13.5. The van der Waals surface area contributed by atoms with Gasteiger partial charge in [-0.1, -0.05) is 0 Å². The highest BCUT2D eigenvalue weighted by Crippen LogP contribution is 2.29. The zero-order chi connectivity index (χ0) is 19.6. The Morgan fingerprint density at radius 2 is 2.07 bits per heavy atom. The van der Waals surface area contributed by atoms with Gasteiger partial charge in [-0.05, 0) is 6.92 Å². The number of nitrogens with zero attached hydrogens (tertiary/aromatic N) is 5. The fraction of sp³-hybridized carbons (Fsp3) is 0.588. The van der Waals surface area contributed by atoms with Gasteiger partial charge in [0.15, 0.2) is 17.9 Å². The Morgan fingerprint density at radius 1 is 1.32 bits per heavy atom. The Kier molecular flexibility index (Phi) is 5.31. The van der Waals surface area contributed by atoms with Crippen LogP contribution in [-0.4, -0.2) is 65.0 Å². The quantitative estimate of drug-likeness (QED) is 0.559. The number of hydroxylamine groups is 2. The molecule has 2 N–H and O–H groups in total. The highest BCUT2D eigenvalue weighted by atomic mass is 16.9. The van der Waals surface area contributed by atoms with E-state index in [1.165, 1.54) is 7.11 Å². The molecular weight excluding hydrogens is 366 g/mol. The van der Waals surface area contributed by atoms with E-state index in [0.29, 0.717) is 30.6 Å². The van der Waals surface area contributed by atoms with E-state index in [9.17, 15) is 5.21 Å². The first kappa shape index (κ1) is 18.9. The lowest BCUT2D eigenvalue weighted by Crippen LogP contribution is -3.04. The summed E-state index contributed by atoms with van der Waals surface area (Å²) in [5.74, 6) is 1.31. The van der Waals surface area contributed by atoms with Crippen LogP contribution in [0.2, 0.25) is 0 Å². The Labute approximate surface area is 162 Å². The average Bonchev–Trinajstić information content (AvgIpc) is 3.21. The molecule has 0 radical (unpaired) electrons. The second-order valence-corrected chi connectivity index (χ2v) is 7.19. The van der Waals surface area contributed by atoms with Crippen LogP contribution in [0, 0.1) is 5.21 Å². The van der Waals surface area contributed by atoms with E-state index >= 15 is 0 Å². The topological polar surface area (TPSA) is 114 Å². The summed E-state index contributed by atoms with van der Waals surface area (Å²) in [7, 11) is 1.36. The van der Waals surface area contributed by atoms with Gasteiger partial charge in [0.2, 0.25) is 5.95 Å². The molecule has 0 saturated carbocycles. The molecule has 11 heteroatoms. The van der Waals surface area contributed by atoms with Crippen molar-refractivity contribution in [2.75, 3.05) is 44.8 Å². The van der Waals surface area contributed by atoms with Crippen LogP contribution in [-0.2, 0) is 17.9 Å². The SMILES string of the molecule is CO[NH+]([O-])Cc1cn2c(n1)OC(C)(COc1cnc(N3CCNCC3)nc1)C2. The van der Waals surface area contributed by atoms with Crippen LogP contribution in [0.5, 0.6) is 11.8 Å². The highest BCUT2D eigenvalue weighted by molar-refractivity contribution is 5.32. The summed E-state index contributed by atoms with van der Waals surface area (Å²) >= 11 is 0. The molecule has 0 spiro atoms. The number of fused-ring (bicyclic) bond motifs is 1. The zero-order valence-corrected chi connectivity index (χ0v) is 16.1. The molecule has 4 rings (SSSR count). The maximum absolute atomic E-state index is 11.4. The van der Waals surface area contributed by atoms with E-state index in [1.807, 2.05) is 17.7 Å². The molecule has 2 aromatic heterocycles. The standard InChI is InChI=1S/C17H25N7O4/c1-17(11-23-9-13(10-24(25)26-2)21-16(23)28-17)12-27-14-7-19-15(20-8-14)22-5-3-18-4-6-22/h7-9,18,24H,3-6,10-12H2,1-2H3. The fourth-order valence-electron chi connectivity index (χ4n) is 3.29. The van der Waals surface area contributed by atoms with Gasteiger partial charge in [0, 0.05) is 32.4 Å². The molecule has 4 heterocycles. The molecule has 152 valence electrons. The van der Waals surface area contributed by atoms with Crippen molar-refractivity contribution in [3.8, 4) is 11.8 Å². The third kappa shape index (κ3) is 4.17. The van der Waals surface area contributed by atoms with Crippen LogP contribution in [0.1, 0.15) is 12.6 Å². The number of rotatable bonds is 7. The summed E-state index contributed by atoms with van der Waals surface area (Å²) in [4.78, 5) is 20.0. The van der Waals surface area contributed by atoms with Crippen LogP contribution in [0.3, 0.4) is 0 Å². The van der Waals surface area contributed by atoms with Gasteiger partial charge in [0.1, 0.15) is 12.3 Å². The minimum atomic E-state index is -0.552. The summed E-state index contributed by atoms with van der Waals surface area (Å²) < 4.78 is 13.7. The lowest BCUT2D eigenvalue weighted by Gasteiger charge is -2.27. The van der Waals surface area contributed by atoms with Crippen molar-refractivity contribution in [2.45, 2.75) is 25.6 Å². The van der Waals surface area contributed by atoms with E-state index in [-0.39, 0.29) is 11.8 Å². The molecule has 0 bridgehead atoms. The number of hydrogen-bond acceptors (Lipinski definition) is 9. The van der Waals surface area contributed by atoms with Gasteiger partial charge >= 0.3 is 0 Å². The minimum Gasteiger partial charge on any atom is -0.600 e. The molecule has 11 nitrogen and oxygen atoms in total. The second kappa shape index (κ2) is 7.87. The normalized spacial score (nSPS) is 22.6. The zero-order valence-electron chi connectivity index (χ0n) is 16.1. The van der Waals surface area contributed by atoms with Crippen LogP contribution >= 0.6 is 0 Å². The minimum absolute atomic E-state index is 0.129. The van der Waals surface area contributed by atoms with E-state index < -0.39 is 5.60 Å². The Hall–Kier alpha value is -2.47. The lowest BCUT2D eigenvalue weighted by molar-refractivity contribution is -1.06. The van der Waals surface area contributed by atoms with Crippen LogP contribution < -0.4 is 24.9 Å². The molecule has 2 atom stereocenters. The summed E-state index contributed by atoms with van der Waals surface area (Å²) in [6, 6.07) is 0.482. The number of anilines is 1. The van der Waals surface area contributed by atoms with Crippen molar-refractivity contribution in [1.82, 2.24) is 24.8 Å². The number of quaternary nitrogens is 1. The third-order valence-electron chi connectivity index (χ3n) is 4.74. The monoisotopic (exact) mass is 391 g/mol. The number of aromatic nitrogens is 4. The van der Waals surface area contributed by atoms with Crippen LogP contribution in [0.15, 0.2) is 18.6 Å². The van der Waals surface area contributed by atoms with Crippen molar-refractivity contribution in [3.05, 3.63) is 29.5 Å². The number of nitrogens with one attached hydrogen (secondary N) is 2. The van der Waals surface area contributed by atoms with Crippen LogP contribution in [0.4, 0.5) is 5.95 Å². The molecule has 1 fully saturated rings. The van der Waals surface area contributed by atoms with Gasteiger partial charge in [-0.3, -0.25) is 4.57 Å². The number of hydrogen-bond donors (Lipinski definition) is 2. The predicted octanol–water partition coefficient (Wildman–Crippen LogP) is -1.24. The smallest absolute Gasteiger partial charge is 0.297 e. The van der Waals surface area contributed by atoms with Gasteiger partial charge in [-0.2, -0.15) is 4.98 Å². The van der Waals surface area contributed by atoms with Crippen molar-refractivity contribution in [2.24, 2.45) is 0 Å². The summed E-state index contributed by atoms with van der Waals surface area (Å²) in [5.41, 5.74) is 0.0743. The van der Waals surface area contributed by atoms with E-state index in [1.54, 1.807) is 12.4 Å². The van der Waals surface area contributed by atoms with Crippen LogP contribution in [0.25, 0.3) is 0 Å². The largest absolute Gasteiger partial charge is 0.600 e.